The summed E-state index contributed by atoms with van der Waals surface area (Å²) in [6, 6.07) is 3.95. The van der Waals surface area contributed by atoms with E-state index in [0.717, 1.165) is 22.8 Å². The number of H-pyrrole nitrogens is 1. The molecule has 0 aromatic carbocycles. The number of fused-ring (bicyclic) bond motifs is 1. The van der Waals surface area contributed by atoms with Crippen LogP contribution >= 0.6 is 45.9 Å². The molecule has 7 nitrogen and oxygen atoms in total. The van der Waals surface area contributed by atoms with Crippen molar-refractivity contribution in [1.29, 1.82) is 0 Å². The second-order valence-electron chi connectivity index (χ2n) is 7.87. The third-order valence-corrected chi connectivity index (χ3v) is 8.89. The van der Waals surface area contributed by atoms with Crippen LogP contribution in [0.2, 0.25) is 10.0 Å². The number of halogens is 2. The molecule has 0 radical (unpaired) electrons. The molecule has 0 spiro atoms. The molecule has 5 rings (SSSR count). The van der Waals surface area contributed by atoms with Crippen molar-refractivity contribution in [2.45, 2.75) is 19.9 Å². The summed E-state index contributed by atoms with van der Waals surface area (Å²) in [7, 11) is 0. The third-order valence-electron chi connectivity index (χ3n) is 5.83. The van der Waals surface area contributed by atoms with Gasteiger partial charge in [-0.05, 0) is 26.0 Å². The first-order chi connectivity index (χ1) is 14.7. The summed E-state index contributed by atoms with van der Waals surface area (Å²) in [5.74, 6) is -0.613. The Morgan fingerprint density at radius 1 is 1.22 bits per heavy atom. The molecule has 164 valence electrons. The first-order valence-corrected chi connectivity index (χ1v) is 12.0. The topological polar surface area (TPSA) is 98.3 Å². The van der Waals surface area contributed by atoms with Gasteiger partial charge in [0.2, 0.25) is 0 Å². The fraction of sp³-hybridized carbons (Fsp3) is 0.350. The van der Waals surface area contributed by atoms with Crippen LogP contribution in [-0.4, -0.2) is 46.1 Å². The number of thiophene rings is 1. The number of carboxylic acid groups (broad SMARTS) is 1. The normalized spacial score (nSPS) is 21.2. The van der Waals surface area contributed by atoms with Crippen LogP contribution in [0.25, 0.3) is 10.6 Å². The number of anilines is 1. The fourth-order valence-electron chi connectivity index (χ4n) is 4.17. The summed E-state index contributed by atoms with van der Waals surface area (Å²) in [5, 5.41) is 14.0. The van der Waals surface area contributed by atoms with Crippen LogP contribution in [0, 0.1) is 25.7 Å². The van der Waals surface area contributed by atoms with Crippen molar-refractivity contribution >= 4 is 62.9 Å². The number of aromatic carboxylic acids is 1. The Hall–Kier alpha value is -1.47. The van der Waals surface area contributed by atoms with Crippen molar-refractivity contribution in [3.8, 4) is 10.6 Å². The number of aryl methyl sites for hydroxylation is 2. The van der Waals surface area contributed by atoms with E-state index in [1.165, 1.54) is 22.7 Å². The molecule has 1 saturated heterocycles. The van der Waals surface area contributed by atoms with Crippen LogP contribution < -0.4 is 29.1 Å². The second kappa shape index (κ2) is 8.71. The Kier molecular flexibility index (Phi) is 6.44. The molecular formula is C20H19Cl2LiN4O3S2. The number of rotatable bonds is 5. The van der Waals surface area contributed by atoms with Crippen LogP contribution in [0.1, 0.15) is 32.2 Å². The fourth-order valence-corrected chi connectivity index (χ4v) is 6.45. The molecule has 3 aromatic rings. The number of nitrogens with one attached hydrogen (secondary N) is 2. The maximum atomic E-state index is 12.6. The van der Waals surface area contributed by atoms with Gasteiger partial charge in [-0.15, -0.1) is 11.3 Å². The molecule has 0 bridgehead atoms. The minimum atomic E-state index is -0.962. The molecule has 2 aliphatic rings. The molecule has 3 N–H and O–H groups in total. The van der Waals surface area contributed by atoms with Crippen molar-refractivity contribution in [3.63, 3.8) is 0 Å². The Bertz CT molecular complexity index is 1220. The number of carbonyl (C=O) groups excluding carboxylic acids is 1. The zero-order chi connectivity index (χ0) is 22.0. The van der Waals surface area contributed by atoms with E-state index in [9.17, 15) is 14.7 Å². The van der Waals surface area contributed by atoms with Crippen molar-refractivity contribution in [1.82, 2.24) is 15.3 Å². The van der Waals surface area contributed by atoms with Crippen LogP contribution in [0.5, 0.6) is 0 Å². The number of nitrogens with zero attached hydrogens (tertiary/aromatic N) is 2. The first kappa shape index (κ1) is 23.7. The van der Waals surface area contributed by atoms with Crippen LogP contribution in [0.4, 0.5) is 5.13 Å². The van der Waals surface area contributed by atoms with Gasteiger partial charge >= 0.3 is 24.8 Å². The van der Waals surface area contributed by atoms with E-state index in [1.54, 1.807) is 6.92 Å². The molecule has 1 aliphatic heterocycles. The number of aromatic amines is 1. The summed E-state index contributed by atoms with van der Waals surface area (Å²) in [4.78, 5) is 36.3. The minimum absolute atomic E-state index is 0. The van der Waals surface area contributed by atoms with Gasteiger partial charge in [-0.25, -0.2) is 9.78 Å². The molecule has 32 heavy (non-hydrogen) atoms. The maximum Gasteiger partial charge on any atom is 1.00 e. The molecule has 1 amide bonds. The van der Waals surface area contributed by atoms with Gasteiger partial charge < -0.3 is 21.7 Å². The molecular weight excluding hydrogens is 486 g/mol. The van der Waals surface area contributed by atoms with Gasteiger partial charge in [0.25, 0.3) is 5.91 Å². The van der Waals surface area contributed by atoms with Gasteiger partial charge in [0.05, 0.1) is 14.9 Å². The van der Waals surface area contributed by atoms with E-state index < -0.39 is 5.97 Å². The van der Waals surface area contributed by atoms with E-state index in [-0.39, 0.29) is 47.8 Å². The molecule has 1 saturated carbocycles. The van der Waals surface area contributed by atoms with Crippen molar-refractivity contribution in [3.05, 3.63) is 43.3 Å². The second-order valence-corrected chi connectivity index (χ2v) is 10.9. The maximum absolute atomic E-state index is 12.6. The monoisotopic (exact) mass is 504 g/mol. The number of piperidine rings is 1. The SMILES string of the molecule is Cc1ccc(-c2nc(N3C[C@@H]4C(NC(=O)c5[nH]c(C)c(Cl)c5Cl)[C@@H]4C3)sc2C(=O)O)s1.[H-].[Li+]. The predicted molar refractivity (Wildman–Crippen MR) is 124 cm³/mol. The number of amides is 1. The smallest absolute Gasteiger partial charge is 1.00 e. The van der Waals surface area contributed by atoms with Gasteiger partial charge in [0.15, 0.2) is 5.13 Å². The summed E-state index contributed by atoms with van der Waals surface area (Å²) in [5.41, 5.74) is 1.48. The Morgan fingerprint density at radius 2 is 1.91 bits per heavy atom. The van der Waals surface area contributed by atoms with Gasteiger partial charge in [0.1, 0.15) is 16.3 Å². The molecule has 2 fully saturated rings. The van der Waals surface area contributed by atoms with Crippen molar-refractivity contribution < 1.29 is 35.0 Å². The number of carboxylic acids is 1. The molecule has 3 atom stereocenters. The zero-order valence-corrected chi connectivity index (χ0v) is 20.7. The van der Waals surface area contributed by atoms with Crippen LogP contribution in [0.3, 0.4) is 0 Å². The van der Waals surface area contributed by atoms with Gasteiger partial charge in [-0.2, -0.15) is 0 Å². The number of carbonyl (C=O) groups is 2. The van der Waals surface area contributed by atoms with E-state index in [4.69, 9.17) is 23.2 Å². The summed E-state index contributed by atoms with van der Waals surface area (Å²) >= 11 is 15.0. The Morgan fingerprint density at radius 3 is 2.44 bits per heavy atom. The summed E-state index contributed by atoms with van der Waals surface area (Å²) < 4.78 is 0. The predicted octanol–water partition coefficient (Wildman–Crippen LogP) is 1.80. The molecule has 1 unspecified atom stereocenters. The van der Waals surface area contributed by atoms with Crippen molar-refractivity contribution in [2.75, 3.05) is 18.0 Å². The standard InChI is InChI=1S/C20H18Cl2N4O3S2.Li.H/c1-7-3-4-11(30-7)15-17(19(28)29)31-20(25-15)26-5-9-10(6-26)14(9)24-18(27)16-13(22)12(21)8(2)23-16;;/h3-4,9-10,14,23H,5-6H2,1-2H3,(H,24,27)(H,28,29);;/q;+1;-1/t9-,10+,14?;;. The number of hydrogen-bond acceptors (Lipinski definition) is 6. The number of hydrogen-bond donors (Lipinski definition) is 3. The van der Waals surface area contributed by atoms with Gasteiger partial charge in [-0.1, -0.05) is 34.5 Å². The van der Waals surface area contributed by atoms with E-state index in [0.29, 0.717) is 33.4 Å². The van der Waals surface area contributed by atoms with Gasteiger partial charge in [0, 0.05) is 41.5 Å². The Labute approximate surface area is 215 Å². The van der Waals surface area contributed by atoms with E-state index >= 15 is 0 Å². The molecule has 1 aliphatic carbocycles. The summed E-state index contributed by atoms with van der Waals surface area (Å²) in [6.07, 6.45) is 0. The Balaban J connectivity index is 0.00000153. The first-order valence-electron chi connectivity index (χ1n) is 9.65. The van der Waals surface area contributed by atoms with E-state index in [2.05, 4.69) is 20.2 Å². The van der Waals surface area contributed by atoms with Crippen LogP contribution in [-0.2, 0) is 0 Å². The van der Waals surface area contributed by atoms with Crippen LogP contribution in [0.15, 0.2) is 12.1 Å². The van der Waals surface area contributed by atoms with Gasteiger partial charge in [-0.3, -0.25) is 4.79 Å². The molecule has 4 heterocycles. The molecule has 12 heteroatoms. The number of aromatic nitrogens is 2. The quantitative estimate of drug-likeness (QED) is 0.460. The van der Waals surface area contributed by atoms with Crippen molar-refractivity contribution in [2.24, 2.45) is 11.8 Å². The zero-order valence-electron chi connectivity index (χ0n) is 18.5. The minimum Gasteiger partial charge on any atom is -1.00 e. The molecule has 3 aromatic heterocycles. The largest absolute Gasteiger partial charge is 1.00 e. The summed E-state index contributed by atoms with van der Waals surface area (Å²) in [6.45, 7) is 5.20. The van der Waals surface area contributed by atoms with E-state index in [1.807, 2.05) is 19.1 Å². The average Bonchev–Trinajstić information content (AvgIpc) is 3.26. The number of thiazole rings is 1. The third kappa shape index (κ3) is 4.00. The average molecular weight is 505 g/mol.